The van der Waals surface area contributed by atoms with Gasteiger partial charge in [-0.25, -0.2) is 0 Å². The van der Waals surface area contributed by atoms with Gasteiger partial charge in [-0.1, -0.05) is 37.8 Å². The summed E-state index contributed by atoms with van der Waals surface area (Å²) < 4.78 is 17.9. The van der Waals surface area contributed by atoms with Crippen molar-refractivity contribution < 1.29 is 28.9 Å². The summed E-state index contributed by atoms with van der Waals surface area (Å²) in [6, 6.07) is 21.2. The van der Waals surface area contributed by atoms with Crippen LogP contribution in [0.2, 0.25) is 0 Å². The van der Waals surface area contributed by atoms with Crippen molar-refractivity contribution in [2.24, 2.45) is 22.7 Å². The third kappa shape index (κ3) is 11.2. The van der Waals surface area contributed by atoms with Crippen LogP contribution in [0.3, 0.4) is 0 Å². The molecule has 0 unspecified atom stereocenters. The fraction of sp³-hybridized carbons (Fsp3) is 0.630. The van der Waals surface area contributed by atoms with Crippen LogP contribution in [0.15, 0.2) is 60.7 Å². The van der Waals surface area contributed by atoms with Gasteiger partial charge < -0.3 is 19.3 Å². The molecule has 10 rings (SSSR count). The first-order valence-corrected chi connectivity index (χ1v) is 25.2. The molecule has 0 amide bonds. The topological polar surface area (TPSA) is 114 Å². The maximum absolute atomic E-state index is 12.0. The lowest BCUT2D eigenvalue weighted by atomic mass is 9.72. The summed E-state index contributed by atoms with van der Waals surface area (Å²) in [5, 5.41) is 11.4. The zero-order valence-corrected chi connectivity index (χ0v) is 38.5. The molecule has 4 aromatic rings. The summed E-state index contributed by atoms with van der Waals surface area (Å²) in [6.45, 7) is 7.43. The Labute approximate surface area is 380 Å². The fourth-order valence-corrected chi connectivity index (χ4v) is 12.3. The van der Waals surface area contributed by atoms with Crippen molar-refractivity contribution in [2.75, 3.05) is 32.8 Å². The molecular formula is C54H72N4O6. The minimum absolute atomic E-state index is 0.0368. The van der Waals surface area contributed by atoms with Gasteiger partial charge in [0.05, 0.1) is 53.1 Å². The second-order valence-electron chi connectivity index (χ2n) is 20.6. The predicted octanol–water partition coefficient (Wildman–Crippen LogP) is 11.3. The Morgan fingerprint density at radius 1 is 0.578 bits per heavy atom. The molecule has 2 spiro atoms. The largest absolute Gasteiger partial charge is 0.490 e. The molecule has 0 radical (unpaired) electrons. The second kappa shape index (κ2) is 20.5. The van der Waals surface area contributed by atoms with E-state index < -0.39 is 5.97 Å². The van der Waals surface area contributed by atoms with E-state index >= 15 is 0 Å². The van der Waals surface area contributed by atoms with E-state index in [4.69, 9.17) is 29.3 Å². The Kier molecular flexibility index (Phi) is 14.4. The highest BCUT2D eigenvalue weighted by molar-refractivity contribution is 5.81. The Balaban J connectivity index is 0.000000162. The average Bonchev–Trinajstić information content (AvgIpc) is 3.98. The number of benzene rings is 2. The van der Waals surface area contributed by atoms with Gasteiger partial charge in [-0.05, 0) is 195 Å². The SMILES string of the molecule is CCOC(=O)C1CCN(Cc2ccc3cc(OC4CCC5(CCCC5)CC4)ccc3n2)CC1.O=C(O)C1CCN(Cc2ccc3cc(OC4CCC5(CCCC5)CC4)ccc3n2)CC1. The summed E-state index contributed by atoms with van der Waals surface area (Å²) in [5.74, 6) is 1.11. The van der Waals surface area contributed by atoms with Crippen LogP contribution >= 0.6 is 0 Å². The summed E-state index contributed by atoms with van der Waals surface area (Å²) in [6.07, 6.45) is 25.5. The van der Waals surface area contributed by atoms with Gasteiger partial charge in [0.15, 0.2) is 0 Å². The number of hydrogen-bond donors (Lipinski definition) is 1. The van der Waals surface area contributed by atoms with Crippen molar-refractivity contribution in [2.45, 2.75) is 161 Å². The molecule has 0 bridgehead atoms. The number of hydrogen-bond acceptors (Lipinski definition) is 9. The summed E-state index contributed by atoms with van der Waals surface area (Å²) >= 11 is 0. The lowest BCUT2D eigenvalue weighted by Gasteiger charge is -2.37. The van der Waals surface area contributed by atoms with Gasteiger partial charge >= 0.3 is 11.9 Å². The number of ether oxygens (including phenoxy) is 3. The lowest BCUT2D eigenvalue weighted by Crippen LogP contribution is -2.36. The number of pyridine rings is 2. The van der Waals surface area contributed by atoms with Crippen LogP contribution < -0.4 is 9.47 Å². The predicted molar refractivity (Wildman–Crippen MR) is 251 cm³/mol. The molecule has 6 fully saturated rings. The molecule has 10 nitrogen and oxygen atoms in total. The highest BCUT2D eigenvalue weighted by atomic mass is 16.5. The molecule has 344 valence electrons. The number of rotatable bonds is 11. The van der Waals surface area contributed by atoms with Gasteiger partial charge in [0.25, 0.3) is 0 Å². The van der Waals surface area contributed by atoms with Gasteiger partial charge in [-0.15, -0.1) is 0 Å². The summed E-state index contributed by atoms with van der Waals surface area (Å²) in [4.78, 5) is 37.5. The fourth-order valence-electron chi connectivity index (χ4n) is 12.3. The number of likely N-dealkylation sites (tertiary alicyclic amines) is 2. The first-order valence-electron chi connectivity index (χ1n) is 25.2. The van der Waals surface area contributed by atoms with E-state index in [1.165, 1.54) is 103 Å². The number of aromatic nitrogens is 2. The van der Waals surface area contributed by atoms with Crippen molar-refractivity contribution in [3.63, 3.8) is 0 Å². The maximum atomic E-state index is 12.0. The standard InChI is InChI=1S/C28H38N2O3.C26H34N2O3/c1-2-32-27(31)21-11-17-30(18-12-21)20-23-6-5-22-19-25(7-8-26(22)29-23)33-24-9-15-28(16-10-24)13-3-4-14-28;29-25(30)19-9-15-28(16-10-19)18-21-4-3-20-17-23(5-6-24(20)27-21)31-22-7-13-26(14-8-22)11-1-2-12-26/h5-8,19,21,24H,2-4,9-18,20H2,1H3;3-6,17,19,22H,1-2,7-16,18H2,(H,29,30). The molecule has 64 heavy (non-hydrogen) atoms. The van der Waals surface area contributed by atoms with Crippen molar-refractivity contribution in [1.29, 1.82) is 0 Å². The van der Waals surface area contributed by atoms with Gasteiger partial charge in [0, 0.05) is 23.9 Å². The van der Waals surface area contributed by atoms with Crippen LogP contribution in [-0.2, 0) is 27.4 Å². The number of fused-ring (bicyclic) bond motifs is 2. The molecule has 2 saturated heterocycles. The van der Waals surface area contributed by atoms with Crippen LogP contribution in [0, 0.1) is 22.7 Å². The minimum Gasteiger partial charge on any atom is -0.490 e. The number of carboxylic acids is 1. The van der Waals surface area contributed by atoms with Crippen molar-refractivity contribution in [1.82, 2.24) is 19.8 Å². The number of carboxylic acid groups (broad SMARTS) is 1. The third-order valence-electron chi connectivity index (χ3n) is 16.3. The Hall–Kier alpha value is -4.28. The van der Waals surface area contributed by atoms with Crippen LogP contribution in [0.1, 0.15) is 147 Å². The van der Waals surface area contributed by atoms with Gasteiger partial charge in [-0.3, -0.25) is 29.4 Å². The number of aliphatic carboxylic acids is 1. The minimum atomic E-state index is -0.659. The molecule has 4 saturated carbocycles. The summed E-state index contributed by atoms with van der Waals surface area (Å²) in [5.41, 5.74) is 5.45. The Bertz CT molecular complexity index is 2180. The zero-order valence-electron chi connectivity index (χ0n) is 38.5. The maximum Gasteiger partial charge on any atom is 0.309 e. The van der Waals surface area contributed by atoms with Gasteiger partial charge in [0.2, 0.25) is 0 Å². The number of carbonyl (C=O) groups excluding carboxylic acids is 1. The average molecular weight is 873 g/mol. The first kappa shape index (κ1) is 44.9. The molecular weight excluding hydrogens is 801 g/mol. The van der Waals surface area contributed by atoms with E-state index in [1.54, 1.807) is 0 Å². The monoisotopic (exact) mass is 873 g/mol. The van der Waals surface area contributed by atoms with E-state index in [1.807, 2.05) is 6.92 Å². The Morgan fingerprint density at radius 2 is 1.00 bits per heavy atom. The normalized spacial score (nSPS) is 23.3. The molecule has 10 heteroatoms. The Morgan fingerprint density at radius 3 is 1.41 bits per heavy atom. The van der Waals surface area contributed by atoms with E-state index in [2.05, 4.69) is 70.5 Å². The molecule has 0 atom stereocenters. The zero-order chi connectivity index (χ0) is 43.9. The molecule has 1 N–H and O–H groups in total. The highest BCUT2D eigenvalue weighted by Crippen LogP contribution is 2.50. The van der Waals surface area contributed by atoms with Crippen molar-refractivity contribution >= 4 is 33.7 Å². The van der Waals surface area contributed by atoms with Crippen molar-refractivity contribution in [3.8, 4) is 11.5 Å². The van der Waals surface area contributed by atoms with Crippen LogP contribution in [0.4, 0.5) is 0 Å². The summed E-state index contributed by atoms with van der Waals surface area (Å²) in [7, 11) is 0. The quantitative estimate of drug-likeness (QED) is 0.146. The van der Waals surface area contributed by atoms with E-state index in [0.717, 1.165) is 110 Å². The van der Waals surface area contributed by atoms with E-state index in [0.29, 0.717) is 29.6 Å². The second-order valence-corrected chi connectivity index (χ2v) is 20.6. The molecule has 2 aromatic heterocycles. The van der Waals surface area contributed by atoms with Crippen LogP contribution in [0.25, 0.3) is 21.8 Å². The van der Waals surface area contributed by atoms with E-state index in [-0.39, 0.29) is 17.8 Å². The van der Waals surface area contributed by atoms with Crippen molar-refractivity contribution in [3.05, 3.63) is 72.1 Å². The molecule has 2 aromatic carbocycles. The molecule has 2 aliphatic heterocycles. The number of carbonyl (C=O) groups is 2. The number of nitrogens with zero attached hydrogens (tertiary/aromatic N) is 4. The molecule has 6 aliphatic rings. The smallest absolute Gasteiger partial charge is 0.309 e. The molecule has 4 aliphatic carbocycles. The number of esters is 1. The van der Waals surface area contributed by atoms with Gasteiger partial charge in [0.1, 0.15) is 11.5 Å². The third-order valence-corrected chi connectivity index (χ3v) is 16.3. The highest BCUT2D eigenvalue weighted by Gasteiger charge is 2.39. The molecule has 4 heterocycles. The lowest BCUT2D eigenvalue weighted by molar-refractivity contribution is -0.149. The van der Waals surface area contributed by atoms with E-state index in [9.17, 15) is 9.59 Å². The first-order chi connectivity index (χ1) is 31.2. The number of piperidine rings is 2. The van der Waals surface area contributed by atoms with Gasteiger partial charge in [-0.2, -0.15) is 0 Å². The van der Waals surface area contributed by atoms with Crippen LogP contribution in [0.5, 0.6) is 11.5 Å². The van der Waals surface area contributed by atoms with Crippen LogP contribution in [-0.4, -0.2) is 81.8 Å².